The quantitative estimate of drug-likeness (QED) is 0.109. The summed E-state index contributed by atoms with van der Waals surface area (Å²) >= 11 is 0. The number of hydrogen-bond acceptors (Lipinski definition) is 5. The third kappa shape index (κ3) is 4.13. The molecule has 2 fully saturated rings. The second kappa shape index (κ2) is 11.1. The summed E-state index contributed by atoms with van der Waals surface area (Å²) < 4.78 is 5.23. The van der Waals surface area contributed by atoms with Gasteiger partial charge in [-0.3, -0.25) is 19.2 Å². The zero-order valence-electron chi connectivity index (χ0n) is 27.3. The van der Waals surface area contributed by atoms with E-state index in [9.17, 15) is 4.79 Å². The first-order chi connectivity index (χ1) is 23.7. The molecule has 0 spiro atoms. The average molecular weight is 644 g/mol. The maximum absolute atomic E-state index is 16.0. The number of nitrogens with zero attached hydrogens (tertiary/aromatic N) is 1. The molecule has 49 heavy (non-hydrogen) atoms. The first kappa shape index (κ1) is 30.5. The number of anilines is 1. The van der Waals surface area contributed by atoms with Crippen molar-refractivity contribution in [2.24, 2.45) is 11.8 Å². The van der Waals surface area contributed by atoms with Gasteiger partial charge in [-0.2, -0.15) is 0 Å². The molecule has 1 heterocycles. The second-order valence-electron chi connectivity index (χ2n) is 13.2. The Morgan fingerprint density at radius 3 is 1.37 bits per heavy atom. The number of benzene rings is 5. The molecule has 1 saturated heterocycles. The van der Waals surface area contributed by atoms with Crippen LogP contribution in [-0.2, 0) is 30.0 Å². The summed E-state index contributed by atoms with van der Waals surface area (Å²) in [5.74, 6) is -3.24. The van der Waals surface area contributed by atoms with E-state index in [0.29, 0.717) is 22.6 Å². The Labute approximate surface area is 284 Å². The lowest BCUT2D eigenvalue weighted by Crippen LogP contribution is -2.45. The number of carbonyl (C=O) groups is 4. The molecule has 2 amide bonds. The van der Waals surface area contributed by atoms with Gasteiger partial charge >= 0.3 is 5.97 Å². The van der Waals surface area contributed by atoms with E-state index in [1.54, 1.807) is 24.3 Å². The molecule has 2 bridgehead atoms. The standard InChI is InChI=1S/C43H33NO5/c1-26-14-18-29(19-15-26)35-36(30-20-16-27(2)17-21-30)43(32-12-8-5-9-13-32)38-37(42(35,41(43)48)31-10-6-4-7-11-31)39(46)44(40(38)47)33-22-24-34(25-23-33)49-28(3)45/h4-25,37-38H,1-3H3/t37-,38-,42-,43-/m0/s1. The Hall–Kier alpha value is -5.88. The van der Waals surface area contributed by atoms with Gasteiger partial charge in [0.25, 0.3) is 0 Å². The lowest BCUT2D eigenvalue weighted by atomic mass is 9.59. The molecular weight excluding hydrogens is 610 g/mol. The minimum Gasteiger partial charge on any atom is -0.427 e. The number of ketones is 1. The van der Waals surface area contributed by atoms with Gasteiger partial charge in [-0.05, 0) is 71.5 Å². The van der Waals surface area contributed by atoms with Crippen molar-refractivity contribution in [1.82, 2.24) is 0 Å². The second-order valence-corrected chi connectivity index (χ2v) is 13.2. The molecule has 6 heteroatoms. The van der Waals surface area contributed by atoms with E-state index in [4.69, 9.17) is 4.74 Å². The van der Waals surface area contributed by atoms with Crippen LogP contribution in [0, 0.1) is 25.7 Å². The number of fused-ring (bicyclic) bond motifs is 5. The molecule has 1 aliphatic heterocycles. The van der Waals surface area contributed by atoms with Gasteiger partial charge in [-0.25, -0.2) is 4.90 Å². The van der Waals surface area contributed by atoms with Gasteiger partial charge in [0.1, 0.15) is 5.75 Å². The molecule has 0 unspecified atom stereocenters. The molecule has 5 aromatic rings. The van der Waals surface area contributed by atoms with Crippen molar-refractivity contribution in [3.8, 4) is 5.75 Å². The topological polar surface area (TPSA) is 80.8 Å². The van der Waals surface area contributed by atoms with E-state index in [-0.39, 0.29) is 5.78 Å². The van der Waals surface area contributed by atoms with E-state index >= 15 is 14.4 Å². The highest BCUT2D eigenvalue weighted by Gasteiger charge is 2.82. The Morgan fingerprint density at radius 1 is 0.571 bits per heavy atom. The van der Waals surface area contributed by atoms with Gasteiger partial charge in [-0.1, -0.05) is 120 Å². The fourth-order valence-corrected chi connectivity index (χ4v) is 8.65. The van der Waals surface area contributed by atoms with E-state index in [1.807, 2.05) is 123 Å². The van der Waals surface area contributed by atoms with Crippen LogP contribution >= 0.6 is 0 Å². The van der Waals surface area contributed by atoms with Gasteiger partial charge in [0, 0.05) is 6.92 Å². The maximum Gasteiger partial charge on any atom is 0.308 e. The van der Waals surface area contributed by atoms with Gasteiger partial charge in [0.15, 0.2) is 5.78 Å². The van der Waals surface area contributed by atoms with Crippen LogP contribution in [0.3, 0.4) is 0 Å². The van der Waals surface area contributed by atoms with E-state index in [0.717, 1.165) is 33.4 Å². The molecule has 240 valence electrons. The molecule has 6 nitrogen and oxygen atoms in total. The Morgan fingerprint density at radius 2 is 0.980 bits per heavy atom. The summed E-state index contributed by atoms with van der Waals surface area (Å²) in [5.41, 5.74) is 4.07. The highest BCUT2D eigenvalue weighted by Crippen LogP contribution is 2.74. The number of Topliss-reactive ketones (excluding diaryl/α,β-unsaturated/α-hetero) is 1. The summed E-state index contributed by atoms with van der Waals surface area (Å²) in [6, 6.07) is 41.5. The lowest BCUT2D eigenvalue weighted by Gasteiger charge is -2.39. The van der Waals surface area contributed by atoms with Gasteiger partial charge < -0.3 is 4.74 Å². The van der Waals surface area contributed by atoms with Crippen molar-refractivity contribution in [1.29, 1.82) is 0 Å². The number of rotatable bonds is 6. The van der Waals surface area contributed by atoms with E-state index in [1.165, 1.54) is 11.8 Å². The van der Waals surface area contributed by atoms with Crippen LogP contribution in [0.2, 0.25) is 0 Å². The number of imide groups is 1. The number of carbonyl (C=O) groups excluding carboxylic acids is 4. The summed E-state index contributed by atoms with van der Waals surface area (Å²) in [7, 11) is 0. The predicted molar refractivity (Wildman–Crippen MR) is 188 cm³/mol. The average Bonchev–Trinajstić information content (AvgIpc) is 3.62. The van der Waals surface area contributed by atoms with Crippen molar-refractivity contribution in [3.05, 3.63) is 167 Å². The van der Waals surface area contributed by atoms with Crippen LogP contribution in [-0.4, -0.2) is 23.6 Å². The summed E-state index contributed by atoms with van der Waals surface area (Å²) in [6.45, 7) is 5.35. The van der Waals surface area contributed by atoms with Crippen molar-refractivity contribution in [3.63, 3.8) is 0 Å². The van der Waals surface area contributed by atoms with Crippen LogP contribution < -0.4 is 9.64 Å². The zero-order valence-corrected chi connectivity index (χ0v) is 27.3. The zero-order chi connectivity index (χ0) is 34.1. The third-order valence-corrected chi connectivity index (χ3v) is 10.5. The third-order valence-electron chi connectivity index (χ3n) is 10.5. The smallest absolute Gasteiger partial charge is 0.308 e. The summed E-state index contributed by atoms with van der Waals surface area (Å²) in [4.78, 5) is 59.1. The Bertz CT molecular complexity index is 2060. The molecular formula is C43H33NO5. The SMILES string of the molecule is CC(=O)Oc1ccc(N2C(=O)[C@@H]3[C@@H](C2=O)[C@@]2(c4ccccc4)C(=O)[C@@]3(c3ccccc3)C(c3ccc(C)cc3)=C2c2ccc(C)cc2)cc1. The van der Waals surface area contributed by atoms with Crippen LogP contribution in [0.5, 0.6) is 5.75 Å². The lowest BCUT2D eigenvalue weighted by molar-refractivity contribution is -0.132. The first-order valence-corrected chi connectivity index (χ1v) is 16.4. The Kier molecular flexibility index (Phi) is 6.90. The van der Waals surface area contributed by atoms with Crippen molar-refractivity contribution in [2.75, 3.05) is 4.90 Å². The van der Waals surface area contributed by atoms with Crippen molar-refractivity contribution in [2.45, 2.75) is 31.6 Å². The molecule has 0 aromatic heterocycles. The van der Waals surface area contributed by atoms with E-state index in [2.05, 4.69) is 0 Å². The van der Waals surface area contributed by atoms with Crippen molar-refractivity contribution >= 4 is 40.4 Å². The fraction of sp³-hybridized carbons (Fsp3) is 0.163. The number of amides is 2. The molecule has 2 aliphatic carbocycles. The van der Waals surface area contributed by atoms with Crippen LogP contribution in [0.1, 0.15) is 40.3 Å². The molecule has 0 radical (unpaired) electrons. The summed E-state index contributed by atoms with van der Waals surface area (Å²) in [5, 5.41) is 0. The largest absolute Gasteiger partial charge is 0.427 e. The van der Waals surface area contributed by atoms with E-state index < -0.39 is 40.4 Å². The molecule has 0 N–H and O–H groups in total. The highest BCUT2D eigenvalue weighted by molar-refractivity contribution is 6.39. The predicted octanol–water partition coefficient (Wildman–Crippen LogP) is 7.42. The summed E-state index contributed by atoms with van der Waals surface area (Å²) in [6.07, 6.45) is 0. The highest BCUT2D eigenvalue weighted by atomic mass is 16.5. The van der Waals surface area contributed by atoms with Crippen LogP contribution in [0.25, 0.3) is 11.1 Å². The van der Waals surface area contributed by atoms with Crippen LogP contribution in [0.15, 0.2) is 133 Å². The van der Waals surface area contributed by atoms with Gasteiger partial charge in [-0.15, -0.1) is 0 Å². The maximum atomic E-state index is 16.0. The molecule has 3 aliphatic rings. The molecule has 4 atom stereocenters. The van der Waals surface area contributed by atoms with Crippen LogP contribution in [0.4, 0.5) is 5.69 Å². The normalized spacial score (nSPS) is 24.1. The monoisotopic (exact) mass is 643 g/mol. The number of allylic oxidation sites excluding steroid dienone is 2. The number of hydrogen-bond donors (Lipinski definition) is 0. The number of esters is 1. The van der Waals surface area contributed by atoms with Gasteiger partial charge in [0.2, 0.25) is 11.8 Å². The molecule has 5 aromatic carbocycles. The number of aryl methyl sites for hydroxylation is 2. The molecule has 1 saturated carbocycles. The minimum absolute atomic E-state index is 0.162. The number of ether oxygens (including phenoxy) is 1. The van der Waals surface area contributed by atoms with Crippen molar-refractivity contribution < 1.29 is 23.9 Å². The fourth-order valence-electron chi connectivity index (χ4n) is 8.65. The minimum atomic E-state index is -1.48. The molecule has 8 rings (SSSR count). The first-order valence-electron chi connectivity index (χ1n) is 16.4. The Balaban J connectivity index is 1.49. The van der Waals surface area contributed by atoms with Gasteiger partial charge in [0.05, 0.1) is 28.4 Å².